The second-order valence-electron chi connectivity index (χ2n) is 9.22. The SMILES string of the molecule is CCOC(=O)C1CCN(C(=N)c2ccc(C3=NOC(C)(CCC(=O)c4ccc(Cl)s4)C3)cc2)CC1. The number of oxime groups is 1. The summed E-state index contributed by atoms with van der Waals surface area (Å²) in [7, 11) is 0. The number of carbonyl (C=O) groups is 2. The molecule has 0 aliphatic carbocycles. The molecule has 2 aliphatic rings. The fourth-order valence-electron chi connectivity index (χ4n) is 4.44. The molecule has 1 aromatic carbocycles. The van der Waals surface area contributed by atoms with Gasteiger partial charge in [0.1, 0.15) is 11.4 Å². The number of nitrogens with zero attached hydrogens (tertiary/aromatic N) is 2. The van der Waals surface area contributed by atoms with Gasteiger partial charge in [0.15, 0.2) is 5.78 Å². The molecule has 1 unspecified atom stereocenters. The highest BCUT2D eigenvalue weighted by Gasteiger charge is 2.35. The van der Waals surface area contributed by atoms with Gasteiger partial charge in [0.05, 0.1) is 27.4 Å². The molecule has 1 aromatic heterocycles. The second-order valence-corrected chi connectivity index (χ2v) is 10.9. The van der Waals surface area contributed by atoms with Crippen molar-refractivity contribution in [1.82, 2.24) is 4.90 Å². The first-order chi connectivity index (χ1) is 16.8. The van der Waals surface area contributed by atoms with E-state index in [9.17, 15) is 9.59 Å². The first-order valence-corrected chi connectivity index (χ1v) is 13.1. The number of piperidine rings is 1. The molecule has 9 heteroatoms. The Kier molecular flexibility index (Phi) is 7.91. The number of rotatable bonds is 8. The largest absolute Gasteiger partial charge is 0.466 e. The van der Waals surface area contributed by atoms with Crippen LogP contribution in [0.3, 0.4) is 0 Å². The highest BCUT2D eigenvalue weighted by atomic mass is 35.5. The van der Waals surface area contributed by atoms with Crippen LogP contribution < -0.4 is 0 Å². The molecular formula is C26H30ClN3O4S. The van der Waals surface area contributed by atoms with Crippen LogP contribution in [0.25, 0.3) is 0 Å². The smallest absolute Gasteiger partial charge is 0.309 e. The summed E-state index contributed by atoms with van der Waals surface area (Å²) in [5, 5.41) is 12.9. The molecule has 0 amide bonds. The molecule has 35 heavy (non-hydrogen) atoms. The van der Waals surface area contributed by atoms with Crippen LogP contribution in [-0.4, -0.2) is 53.5 Å². The summed E-state index contributed by atoms with van der Waals surface area (Å²) in [6.45, 7) is 5.53. The van der Waals surface area contributed by atoms with Crippen molar-refractivity contribution in [2.24, 2.45) is 11.1 Å². The van der Waals surface area contributed by atoms with Gasteiger partial charge in [0.25, 0.3) is 0 Å². The topological polar surface area (TPSA) is 92.1 Å². The number of ether oxygens (including phenoxy) is 1. The highest BCUT2D eigenvalue weighted by molar-refractivity contribution is 7.18. The third-order valence-corrected chi connectivity index (χ3v) is 7.84. The number of halogens is 1. The predicted octanol–water partition coefficient (Wildman–Crippen LogP) is 5.55. The Bertz CT molecular complexity index is 1120. The summed E-state index contributed by atoms with van der Waals surface area (Å²) in [6, 6.07) is 11.3. The normalized spacial score (nSPS) is 20.3. The Morgan fingerprint density at radius 2 is 1.94 bits per heavy atom. The average Bonchev–Trinajstić information content (AvgIpc) is 3.49. The first-order valence-electron chi connectivity index (χ1n) is 11.9. The van der Waals surface area contributed by atoms with E-state index in [1.165, 1.54) is 11.3 Å². The monoisotopic (exact) mass is 515 g/mol. The van der Waals surface area contributed by atoms with Crippen LogP contribution in [0.15, 0.2) is 41.6 Å². The maximum Gasteiger partial charge on any atom is 0.309 e. The number of carbonyl (C=O) groups excluding carboxylic acids is 2. The van der Waals surface area contributed by atoms with E-state index in [0.29, 0.717) is 66.8 Å². The minimum Gasteiger partial charge on any atom is -0.466 e. The van der Waals surface area contributed by atoms with E-state index in [1.807, 2.05) is 43.0 Å². The number of nitrogens with one attached hydrogen (secondary N) is 1. The number of thiophene rings is 1. The van der Waals surface area contributed by atoms with E-state index in [2.05, 4.69) is 5.16 Å². The van der Waals surface area contributed by atoms with Gasteiger partial charge in [-0.1, -0.05) is 41.0 Å². The zero-order valence-corrected chi connectivity index (χ0v) is 21.6. The summed E-state index contributed by atoms with van der Waals surface area (Å²) in [6.07, 6.45) is 2.96. The Balaban J connectivity index is 1.29. The lowest BCUT2D eigenvalue weighted by Crippen LogP contribution is -2.40. The Hall–Kier alpha value is -2.71. The second kappa shape index (κ2) is 10.9. The van der Waals surface area contributed by atoms with Crippen LogP contribution in [0, 0.1) is 11.3 Å². The van der Waals surface area contributed by atoms with Crippen LogP contribution in [-0.2, 0) is 14.4 Å². The van der Waals surface area contributed by atoms with E-state index >= 15 is 0 Å². The zero-order valence-electron chi connectivity index (χ0n) is 20.0. The average molecular weight is 516 g/mol. The summed E-state index contributed by atoms with van der Waals surface area (Å²) < 4.78 is 5.74. The third-order valence-electron chi connectivity index (χ3n) is 6.57. The molecule has 0 radical (unpaired) electrons. The van der Waals surface area contributed by atoms with E-state index < -0.39 is 5.60 Å². The van der Waals surface area contributed by atoms with E-state index in [-0.39, 0.29) is 17.7 Å². The molecule has 0 saturated carbocycles. The van der Waals surface area contributed by atoms with Crippen LogP contribution in [0.2, 0.25) is 4.34 Å². The van der Waals surface area contributed by atoms with Gasteiger partial charge in [-0.2, -0.15) is 0 Å². The van der Waals surface area contributed by atoms with Crippen molar-refractivity contribution in [3.05, 3.63) is 56.7 Å². The lowest BCUT2D eigenvalue weighted by molar-refractivity contribution is -0.149. The molecular weight excluding hydrogens is 486 g/mol. The van der Waals surface area contributed by atoms with Crippen LogP contribution in [0.4, 0.5) is 0 Å². The molecule has 0 bridgehead atoms. The summed E-state index contributed by atoms with van der Waals surface area (Å²) in [5.41, 5.74) is 2.08. The molecule has 1 fully saturated rings. The van der Waals surface area contributed by atoms with Crippen molar-refractivity contribution in [3.8, 4) is 0 Å². The van der Waals surface area contributed by atoms with Crippen LogP contribution in [0.1, 0.15) is 66.8 Å². The Labute approximate surface area is 214 Å². The zero-order chi connectivity index (χ0) is 25.0. The molecule has 0 spiro atoms. The van der Waals surface area contributed by atoms with Crippen molar-refractivity contribution in [2.75, 3.05) is 19.7 Å². The molecule has 7 nitrogen and oxygen atoms in total. The Morgan fingerprint density at radius 3 is 2.57 bits per heavy atom. The maximum absolute atomic E-state index is 12.4. The van der Waals surface area contributed by atoms with Crippen molar-refractivity contribution >= 4 is 46.2 Å². The standard InChI is InChI=1S/C26H30ClN3O4S/c1-3-33-25(32)19-11-14-30(15-12-19)24(28)18-6-4-17(5-7-18)20-16-26(2,34-29-20)13-10-21(31)22-8-9-23(27)35-22/h4-9,19,28H,3,10-16H2,1-2H3. The highest BCUT2D eigenvalue weighted by Crippen LogP contribution is 2.32. The van der Waals surface area contributed by atoms with Gasteiger partial charge in [0.2, 0.25) is 0 Å². The summed E-state index contributed by atoms with van der Waals surface area (Å²) in [4.78, 5) is 32.8. The maximum atomic E-state index is 12.4. The summed E-state index contributed by atoms with van der Waals surface area (Å²) in [5.74, 6) is 0.319. The van der Waals surface area contributed by atoms with E-state index in [0.717, 1.165) is 16.8 Å². The van der Waals surface area contributed by atoms with Gasteiger partial charge < -0.3 is 14.5 Å². The number of hydrogen-bond acceptors (Lipinski definition) is 7. The molecule has 3 heterocycles. The van der Waals surface area contributed by atoms with Crippen molar-refractivity contribution in [1.29, 1.82) is 5.41 Å². The van der Waals surface area contributed by atoms with Crippen molar-refractivity contribution in [3.63, 3.8) is 0 Å². The molecule has 2 aliphatic heterocycles. The lowest BCUT2D eigenvalue weighted by Gasteiger charge is -2.32. The molecule has 1 N–H and O–H groups in total. The van der Waals surface area contributed by atoms with Gasteiger partial charge >= 0.3 is 5.97 Å². The minimum absolute atomic E-state index is 0.0642. The Morgan fingerprint density at radius 1 is 1.23 bits per heavy atom. The number of ketones is 1. The first kappa shape index (κ1) is 25.4. The number of likely N-dealkylation sites (tertiary alicyclic amines) is 1. The van der Waals surface area contributed by atoms with Gasteiger partial charge in [-0.25, -0.2) is 0 Å². The fraction of sp³-hybridized carbons (Fsp3) is 0.462. The number of esters is 1. The van der Waals surface area contributed by atoms with Crippen LogP contribution in [0.5, 0.6) is 0 Å². The third kappa shape index (κ3) is 6.11. The molecule has 2 aromatic rings. The molecule has 4 rings (SSSR count). The van der Waals surface area contributed by atoms with Gasteiger partial charge in [-0.15, -0.1) is 11.3 Å². The van der Waals surface area contributed by atoms with Gasteiger partial charge in [-0.05, 0) is 50.8 Å². The minimum atomic E-state index is -0.527. The van der Waals surface area contributed by atoms with Gasteiger partial charge in [0, 0.05) is 31.5 Å². The number of hydrogen-bond donors (Lipinski definition) is 1. The quantitative estimate of drug-likeness (QED) is 0.215. The molecule has 1 saturated heterocycles. The number of benzene rings is 1. The number of Topliss-reactive ketones (excluding diaryl/α,β-unsaturated/α-hetero) is 1. The summed E-state index contributed by atoms with van der Waals surface area (Å²) >= 11 is 7.24. The van der Waals surface area contributed by atoms with Gasteiger partial charge in [-0.3, -0.25) is 15.0 Å². The predicted molar refractivity (Wildman–Crippen MR) is 138 cm³/mol. The molecule has 186 valence electrons. The van der Waals surface area contributed by atoms with Crippen molar-refractivity contribution < 1.29 is 19.2 Å². The van der Waals surface area contributed by atoms with E-state index in [1.54, 1.807) is 12.1 Å². The molecule has 1 atom stereocenters. The van der Waals surface area contributed by atoms with Crippen molar-refractivity contribution in [2.45, 2.75) is 51.6 Å². The van der Waals surface area contributed by atoms with E-state index in [4.69, 9.17) is 26.6 Å². The lowest BCUT2D eigenvalue weighted by atomic mass is 9.90. The number of amidine groups is 1. The fourth-order valence-corrected chi connectivity index (χ4v) is 5.45. The van der Waals surface area contributed by atoms with Crippen LogP contribution >= 0.6 is 22.9 Å².